The summed E-state index contributed by atoms with van der Waals surface area (Å²) in [6.45, 7) is 4.10. The molecule has 0 aromatic heterocycles. The molecule has 0 saturated carbocycles. The monoisotopic (exact) mass is 226 g/mol. The van der Waals surface area contributed by atoms with E-state index in [9.17, 15) is 4.79 Å². The van der Waals surface area contributed by atoms with E-state index in [2.05, 4.69) is 23.9 Å². The van der Waals surface area contributed by atoms with Gasteiger partial charge in [-0.3, -0.25) is 4.90 Å². The molecule has 0 amide bonds. The Bertz CT molecular complexity index is 243. The molecule has 1 N–H and O–H groups in total. The third-order valence-corrected chi connectivity index (χ3v) is 2.95. The Morgan fingerprint density at radius 2 is 2.06 bits per heavy atom. The van der Waals surface area contributed by atoms with E-state index in [1.165, 1.54) is 25.5 Å². The van der Waals surface area contributed by atoms with Crippen LogP contribution in [0.15, 0.2) is 12.2 Å². The Morgan fingerprint density at radius 3 is 2.56 bits per heavy atom. The molecule has 4 heteroatoms. The van der Waals surface area contributed by atoms with E-state index in [0.29, 0.717) is 0 Å². The minimum Gasteiger partial charge on any atom is -0.478 e. The lowest BCUT2D eigenvalue weighted by molar-refractivity contribution is -0.131. The van der Waals surface area contributed by atoms with Crippen molar-refractivity contribution in [3.63, 3.8) is 0 Å². The van der Waals surface area contributed by atoms with E-state index < -0.39 is 5.97 Å². The van der Waals surface area contributed by atoms with Gasteiger partial charge in [0.25, 0.3) is 0 Å². The average molecular weight is 226 g/mol. The van der Waals surface area contributed by atoms with Crippen LogP contribution < -0.4 is 0 Å². The number of hydrogen-bond donors (Lipinski definition) is 1. The molecule has 92 valence electrons. The zero-order valence-corrected chi connectivity index (χ0v) is 10.2. The third-order valence-electron chi connectivity index (χ3n) is 2.95. The number of carbonyl (C=O) groups is 1. The summed E-state index contributed by atoms with van der Waals surface area (Å²) in [6.07, 6.45) is 5.40. The fourth-order valence-electron chi connectivity index (χ4n) is 2.17. The number of nitrogens with zero attached hydrogens (tertiary/aromatic N) is 2. The van der Waals surface area contributed by atoms with Crippen molar-refractivity contribution in [2.24, 2.45) is 5.92 Å². The number of rotatable bonds is 5. The minimum absolute atomic E-state index is 0.765. The second-order valence-electron chi connectivity index (χ2n) is 4.75. The SMILES string of the molecule is CN(C)CC1CCN(CC=CC(=O)O)CC1. The molecule has 1 aliphatic heterocycles. The molecule has 1 fully saturated rings. The maximum Gasteiger partial charge on any atom is 0.328 e. The minimum atomic E-state index is -0.859. The van der Waals surface area contributed by atoms with Crippen LogP contribution in [0.5, 0.6) is 0 Å². The molecule has 0 radical (unpaired) electrons. The molecule has 1 saturated heterocycles. The molecule has 1 aliphatic rings. The summed E-state index contributed by atoms with van der Waals surface area (Å²) in [4.78, 5) is 14.9. The summed E-state index contributed by atoms with van der Waals surface area (Å²) in [7, 11) is 4.23. The molecule has 16 heavy (non-hydrogen) atoms. The van der Waals surface area contributed by atoms with Gasteiger partial charge in [0, 0.05) is 19.2 Å². The van der Waals surface area contributed by atoms with E-state index in [1.54, 1.807) is 6.08 Å². The lowest BCUT2D eigenvalue weighted by atomic mass is 9.96. The molecule has 0 aromatic carbocycles. The first kappa shape index (κ1) is 13.2. The number of carboxylic acids is 1. The number of hydrogen-bond acceptors (Lipinski definition) is 3. The molecule has 0 unspecified atom stereocenters. The van der Waals surface area contributed by atoms with Crippen molar-refractivity contribution in [1.29, 1.82) is 0 Å². The maximum absolute atomic E-state index is 10.3. The Morgan fingerprint density at radius 1 is 1.44 bits per heavy atom. The highest BCUT2D eigenvalue weighted by molar-refractivity contribution is 5.79. The van der Waals surface area contributed by atoms with E-state index in [1.807, 2.05) is 0 Å². The van der Waals surface area contributed by atoms with Crippen LogP contribution in [0.2, 0.25) is 0 Å². The van der Waals surface area contributed by atoms with Crippen molar-refractivity contribution in [2.75, 3.05) is 40.3 Å². The Labute approximate surface area is 97.5 Å². The molecule has 0 bridgehead atoms. The molecule has 0 aliphatic carbocycles. The molecular formula is C12H22N2O2. The Balaban J connectivity index is 2.19. The van der Waals surface area contributed by atoms with Crippen LogP contribution in [0.3, 0.4) is 0 Å². The quantitative estimate of drug-likeness (QED) is 0.707. The van der Waals surface area contributed by atoms with Gasteiger partial charge in [-0.2, -0.15) is 0 Å². The van der Waals surface area contributed by atoms with Crippen LogP contribution in [-0.4, -0.2) is 61.2 Å². The highest BCUT2D eigenvalue weighted by Crippen LogP contribution is 2.17. The molecule has 4 nitrogen and oxygen atoms in total. The van der Waals surface area contributed by atoms with Crippen LogP contribution in [-0.2, 0) is 4.79 Å². The predicted molar refractivity (Wildman–Crippen MR) is 64.5 cm³/mol. The molecular weight excluding hydrogens is 204 g/mol. The largest absolute Gasteiger partial charge is 0.478 e. The lowest BCUT2D eigenvalue weighted by Crippen LogP contribution is -2.37. The standard InChI is InChI=1S/C12H22N2O2/c1-13(2)10-11-5-8-14(9-6-11)7-3-4-12(15)16/h3-4,11H,5-10H2,1-2H3,(H,15,16). The first-order valence-corrected chi connectivity index (χ1v) is 5.84. The molecule has 1 heterocycles. The molecule has 0 spiro atoms. The van der Waals surface area contributed by atoms with Gasteiger partial charge in [0.2, 0.25) is 0 Å². The predicted octanol–water partition coefficient (Wildman–Crippen LogP) is 0.901. The van der Waals surface area contributed by atoms with E-state index in [-0.39, 0.29) is 0 Å². The molecule has 0 aromatic rings. The Kier molecular flexibility index (Phi) is 5.49. The van der Waals surface area contributed by atoms with Crippen molar-refractivity contribution in [1.82, 2.24) is 9.80 Å². The normalized spacial score (nSPS) is 19.7. The van der Waals surface area contributed by atoms with Crippen molar-refractivity contribution >= 4 is 5.97 Å². The summed E-state index contributed by atoms with van der Waals surface area (Å²) >= 11 is 0. The van der Waals surface area contributed by atoms with Crippen LogP contribution in [0.1, 0.15) is 12.8 Å². The zero-order chi connectivity index (χ0) is 12.0. The average Bonchev–Trinajstić information content (AvgIpc) is 2.19. The fourth-order valence-corrected chi connectivity index (χ4v) is 2.17. The van der Waals surface area contributed by atoms with Crippen molar-refractivity contribution in [3.05, 3.63) is 12.2 Å². The second kappa shape index (κ2) is 6.66. The van der Waals surface area contributed by atoms with E-state index in [4.69, 9.17) is 5.11 Å². The highest BCUT2D eigenvalue weighted by atomic mass is 16.4. The van der Waals surface area contributed by atoms with Gasteiger partial charge in [0.1, 0.15) is 0 Å². The van der Waals surface area contributed by atoms with Gasteiger partial charge in [-0.1, -0.05) is 6.08 Å². The highest BCUT2D eigenvalue weighted by Gasteiger charge is 2.18. The summed E-state index contributed by atoms with van der Waals surface area (Å²) in [5.74, 6) is -0.0582. The Hall–Kier alpha value is -0.870. The van der Waals surface area contributed by atoms with Gasteiger partial charge in [-0.05, 0) is 45.9 Å². The van der Waals surface area contributed by atoms with Crippen LogP contribution in [0.4, 0.5) is 0 Å². The lowest BCUT2D eigenvalue weighted by Gasteiger charge is -2.32. The van der Waals surface area contributed by atoms with E-state index >= 15 is 0 Å². The van der Waals surface area contributed by atoms with Crippen LogP contribution >= 0.6 is 0 Å². The van der Waals surface area contributed by atoms with Gasteiger partial charge in [-0.15, -0.1) is 0 Å². The maximum atomic E-state index is 10.3. The number of carboxylic acid groups (broad SMARTS) is 1. The van der Waals surface area contributed by atoms with Crippen LogP contribution in [0.25, 0.3) is 0 Å². The number of aliphatic carboxylic acids is 1. The van der Waals surface area contributed by atoms with Gasteiger partial charge in [0.05, 0.1) is 0 Å². The molecule has 1 rings (SSSR count). The van der Waals surface area contributed by atoms with Gasteiger partial charge in [0.15, 0.2) is 0 Å². The second-order valence-corrected chi connectivity index (χ2v) is 4.75. The molecule has 0 atom stereocenters. The topological polar surface area (TPSA) is 43.8 Å². The van der Waals surface area contributed by atoms with Gasteiger partial charge < -0.3 is 10.0 Å². The van der Waals surface area contributed by atoms with Gasteiger partial charge >= 0.3 is 5.97 Å². The number of likely N-dealkylation sites (tertiary alicyclic amines) is 1. The van der Waals surface area contributed by atoms with Crippen molar-refractivity contribution in [3.8, 4) is 0 Å². The van der Waals surface area contributed by atoms with Crippen LogP contribution in [0, 0.1) is 5.92 Å². The third kappa shape index (κ3) is 5.28. The summed E-state index contributed by atoms with van der Waals surface area (Å²) in [5.41, 5.74) is 0. The summed E-state index contributed by atoms with van der Waals surface area (Å²) < 4.78 is 0. The zero-order valence-electron chi connectivity index (χ0n) is 10.2. The van der Waals surface area contributed by atoms with Crippen molar-refractivity contribution in [2.45, 2.75) is 12.8 Å². The summed E-state index contributed by atoms with van der Waals surface area (Å²) in [5, 5.41) is 8.47. The smallest absolute Gasteiger partial charge is 0.328 e. The van der Waals surface area contributed by atoms with Crippen molar-refractivity contribution < 1.29 is 9.90 Å². The van der Waals surface area contributed by atoms with Gasteiger partial charge in [-0.25, -0.2) is 4.79 Å². The summed E-state index contributed by atoms with van der Waals surface area (Å²) in [6, 6.07) is 0. The number of piperidine rings is 1. The fraction of sp³-hybridized carbons (Fsp3) is 0.750. The first-order valence-electron chi connectivity index (χ1n) is 5.84. The first-order chi connectivity index (χ1) is 7.58. The van der Waals surface area contributed by atoms with E-state index in [0.717, 1.165) is 25.6 Å².